The van der Waals surface area contributed by atoms with Gasteiger partial charge in [-0.15, -0.1) is 0 Å². The molecular formula is C16H17ClFN. The van der Waals surface area contributed by atoms with Crippen LogP contribution in [0.3, 0.4) is 0 Å². The monoisotopic (exact) mass is 277 g/mol. The van der Waals surface area contributed by atoms with Gasteiger partial charge in [0.15, 0.2) is 0 Å². The van der Waals surface area contributed by atoms with Crippen molar-refractivity contribution < 1.29 is 4.39 Å². The first-order valence-corrected chi connectivity index (χ1v) is 6.69. The highest BCUT2D eigenvalue weighted by Crippen LogP contribution is 2.24. The van der Waals surface area contributed by atoms with E-state index in [-0.39, 0.29) is 16.8 Å². The molecule has 0 aliphatic heterocycles. The summed E-state index contributed by atoms with van der Waals surface area (Å²) >= 11 is 5.69. The normalized spacial score (nSPS) is 12.4. The van der Waals surface area contributed by atoms with Crippen LogP contribution in [0.25, 0.3) is 0 Å². The van der Waals surface area contributed by atoms with Crippen LogP contribution in [0.4, 0.5) is 4.39 Å². The molecule has 0 amide bonds. The third-order valence-electron chi connectivity index (χ3n) is 3.38. The Kier molecular flexibility index (Phi) is 4.56. The highest BCUT2D eigenvalue weighted by Gasteiger charge is 2.13. The van der Waals surface area contributed by atoms with Gasteiger partial charge in [-0.1, -0.05) is 41.9 Å². The number of hydrogen-bond acceptors (Lipinski definition) is 1. The summed E-state index contributed by atoms with van der Waals surface area (Å²) in [5.74, 6) is -0.179. The summed E-state index contributed by atoms with van der Waals surface area (Å²) in [6.45, 7) is 2.61. The number of rotatable bonds is 4. The second-order valence-corrected chi connectivity index (χ2v) is 5.15. The zero-order chi connectivity index (χ0) is 13.8. The fourth-order valence-corrected chi connectivity index (χ4v) is 2.43. The standard InChI is InChI=1S/C16H17ClFN/c1-11-4-2-3-5-14(11)13(10-19)8-12-6-7-15(17)16(18)9-12/h2-7,9,13H,8,10,19H2,1H3. The van der Waals surface area contributed by atoms with Crippen LogP contribution in [0.15, 0.2) is 42.5 Å². The highest BCUT2D eigenvalue weighted by atomic mass is 35.5. The van der Waals surface area contributed by atoms with Gasteiger partial charge >= 0.3 is 0 Å². The predicted octanol–water partition coefficient (Wildman–Crippen LogP) is 4.07. The molecule has 0 aromatic heterocycles. The van der Waals surface area contributed by atoms with Crippen molar-refractivity contribution in [3.05, 3.63) is 70.0 Å². The Morgan fingerprint density at radius 2 is 1.95 bits per heavy atom. The van der Waals surface area contributed by atoms with Gasteiger partial charge in [-0.2, -0.15) is 0 Å². The van der Waals surface area contributed by atoms with Crippen molar-refractivity contribution in [2.45, 2.75) is 19.3 Å². The summed E-state index contributed by atoms with van der Waals surface area (Å²) in [5, 5.41) is 0.156. The van der Waals surface area contributed by atoms with Crippen LogP contribution in [0.5, 0.6) is 0 Å². The minimum absolute atomic E-state index is 0.156. The quantitative estimate of drug-likeness (QED) is 0.896. The van der Waals surface area contributed by atoms with Gasteiger partial charge in [-0.05, 0) is 48.7 Å². The van der Waals surface area contributed by atoms with E-state index in [4.69, 9.17) is 17.3 Å². The molecule has 2 N–H and O–H groups in total. The van der Waals surface area contributed by atoms with Crippen molar-refractivity contribution in [2.24, 2.45) is 5.73 Å². The van der Waals surface area contributed by atoms with Gasteiger partial charge in [-0.3, -0.25) is 0 Å². The lowest BCUT2D eigenvalue weighted by Gasteiger charge is -2.18. The minimum atomic E-state index is -0.375. The Morgan fingerprint density at radius 3 is 2.58 bits per heavy atom. The Bertz CT molecular complexity index is 568. The SMILES string of the molecule is Cc1ccccc1C(CN)Cc1ccc(Cl)c(F)c1. The zero-order valence-corrected chi connectivity index (χ0v) is 11.6. The molecule has 0 aliphatic rings. The Hall–Kier alpha value is -1.38. The van der Waals surface area contributed by atoms with E-state index < -0.39 is 0 Å². The Labute approximate surface area is 118 Å². The Balaban J connectivity index is 2.24. The molecule has 19 heavy (non-hydrogen) atoms. The summed E-state index contributed by atoms with van der Waals surface area (Å²) in [6, 6.07) is 13.1. The number of hydrogen-bond donors (Lipinski definition) is 1. The van der Waals surface area contributed by atoms with Crippen LogP contribution < -0.4 is 5.73 Å². The molecule has 0 fully saturated rings. The van der Waals surface area contributed by atoms with Gasteiger partial charge in [0.2, 0.25) is 0 Å². The third-order valence-corrected chi connectivity index (χ3v) is 3.69. The largest absolute Gasteiger partial charge is 0.330 e. The second-order valence-electron chi connectivity index (χ2n) is 4.74. The fourth-order valence-electron chi connectivity index (χ4n) is 2.32. The molecule has 0 radical (unpaired) electrons. The number of benzene rings is 2. The fraction of sp³-hybridized carbons (Fsp3) is 0.250. The van der Waals surface area contributed by atoms with Crippen LogP contribution >= 0.6 is 11.6 Å². The average molecular weight is 278 g/mol. The predicted molar refractivity (Wildman–Crippen MR) is 78.1 cm³/mol. The van der Waals surface area contributed by atoms with Crippen molar-refractivity contribution in [3.63, 3.8) is 0 Å². The van der Waals surface area contributed by atoms with E-state index in [1.807, 2.05) is 18.2 Å². The zero-order valence-electron chi connectivity index (χ0n) is 10.9. The Morgan fingerprint density at radius 1 is 1.21 bits per heavy atom. The summed E-state index contributed by atoms with van der Waals surface area (Å²) in [4.78, 5) is 0. The topological polar surface area (TPSA) is 26.0 Å². The molecule has 0 heterocycles. The van der Waals surface area contributed by atoms with Crippen molar-refractivity contribution in [2.75, 3.05) is 6.54 Å². The van der Waals surface area contributed by atoms with Crippen molar-refractivity contribution >= 4 is 11.6 Å². The minimum Gasteiger partial charge on any atom is -0.330 e. The molecule has 1 nitrogen and oxygen atoms in total. The maximum atomic E-state index is 13.5. The molecule has 1 unspecified atom stereocenters. The molecule has 2 aromatic rings. The number of nitrogens with two attached hydrogens (primary N) is 1. The number of halogens is 2. The number of aryl methyl sites for hydroxylation is 1. The third kappa shape index (κ3) is 3.34. The lowest BCUT2D eigenvalue weighted by atomic mass is 9.89. The van der Waals surface area contributed by atoms with Gasteiger partial charge in [0.05, 0.1) is 5.02 Å². The van der Waals surface area contributed by atoms with E-state index in [9.17, 15) is 4.39 Å². The summed E-state index contributed by atoms with van der Waals surface area (Å²) < 4.78 is 13.5. The van der Waals surface area contributed by atoms with Crippen LogP contribution in [0.1, 0.15) is 22.6 Å². The van der Waals surface area contributed by atoms with Crippen molar-refractivity contribution in [1.29, 1.82) is 0 Å². The molecule has 100 valence electrons. The van der Waals surface area contributed by atoms with Crippen LogP contribution in [-0.2, 0) is 6.42 Å². The summed E-state index contributed by atoms with van der Waals surface area (Å²) in [5.41, 5.74) is 9.22. The van der Waals surface area contributed by atoms with Gasteiger partial charge in [0.1, 0.15) is 5.82 Å². The van der Waals surface area contributed by atoms with Gasteiger partial charge in [-0.25, -0.2) is 4.39 Å². The van der Waals surface area contributed by atoms with Gasteiger partial charge in [0.25, 0.3) is 0 Å². The van der Waals surface area contributed by atoms with Crippen LogP contribution in [-0.4, -0.2) is 6.54 Å². The molecular weight excluding hydrogens is 261 g/mol. The van der Waals surface area contributed by atoms with Crippen LogP contribution in [0, 0.1) is 12.7 Å². The molecule has 3 heteroatoms. The van der Waals surface area contributed by atoms with E-state index in [0.29, 0.717) is 6.54 Å². The lowest BCUT2D eigenvalue weighted by Crippen LogP contribution is -2.16. The van der Waals surface area contributed by atoms with Crippen LogP contribution in [0.2, 0.25) is 5.02 Å². The van der Waals surface area contributed by atoms with E-state index in [2.05, 4.69) is 19.1 Å². The average Bonchev–Trinajstić information content (AvgIpc) is 2.41. The lowest BCUT2D eigenvalue weighted by molar-refractivity contribution is 0.621. The second kappa shape index (κ2) is 6.18. The highest BCUT2D eigenvalue weighted by molar-refractivity contribution is 6.30. The molecule has 0 spiro atoms. The first kappa shape index (κ1) is 14.0. The molecule has 0 aliphatic carbocycles. The molecule has 0 saturated carbocycles. The molecule has 2 rings (SSSR count). The van der Waals surface area contributed by atoms with E-state index >= 15 is 0 Å². The van der Waals surface area contributed by atoms with Crippen molar-refractivity contribution in [1.82, 2.24) is 0 Å². The summed E-state index contributed by atoms with van der Waals surface area (Å²) in [6.07, 6.45) is 0.718. The molecule has 0 saturated heterocycles. The van der Waals surface area contributed by atoms with Gasteiger partial charge < -0.3 is 5.73 Å². The van der Waals surface area contributed by atoms with E-state index in [1.54, 1.807) is 6.07 Å². The maximum Gasteiger partial charge on any atom is 0.142 e. The summed E-state index contributed by atoms with van der Waals surface area (Å²) in [7, 11) is 0. The van der Waals surface area contributed by atoms with E-state index in [1.165, 1.54) is 17.2 Å². The van der Waals surface area contributed by atoms with Gasteiger partial charge in [0, 0.05) is 5.92 Å². The van der Waals surface area contributed by atoms with E-state index in [0.717, 1.165) is 12.0 Å². The first-order chi connectivity index (χ1) is 9.11. The molecule has 1 atom stereocenters. The smallest absolute Gasteiger partial charge is 0.142 e. The molecule has 0 bridgehead atoms. The van der Waals surface area contributed by atoms with Crippen molar-refractivity contribution in [3.8, 4) is 0 Å². The molecule has 2 aromatic carbocycles. The maximum absolute atomic E-state index is 13.5. The first-order valence-electron chi connectivity index (χ1n) is 6.31.